The third-order valence-corrected chi connectivity index (χ3v) is 4.92. The molecule has 19 heavy (non-hydrogen) atoms. The normalized spacial score (nSPS) is 11.7. The van der Waals surface area contributed by atoms with Crippen molar-refractivity contribution >= 4 is 27.2 Å². The first-order valence-corrected chi connectivity index (χ1v) is 8.00. The highest BCUT2D eigenvalue weighted by molar-refractivity contribution is 7.93. The number of aromatic nitrogens is 1. The Kier molecular flexibility index (Phi) is 4.23. The van der Waals surface area contributed by atoms with Crippen molar-refractivity contribution in [1.82, 2.24) is 5.16 Å². The van der Waals surface area contributed by atoms with Gasteiger partial charge in [-0.1, -0.05) is 5.16 Å². The Morgan fingerprint density at radius 2 is 2.32 bits per heavy atom. The van der Waals surface area contributed by atoms with Gasteiger partial charge in [-0.2, -0.15) is 11.3 Å². The summed E-state index contributed by atoms with van der Waals surface area (Å²) < 4.78 is 36.2. The van der Waals surface area contributed by atoms with E-state index in [9.17, 15) is 8.42 Å². The maximum absolute atomic E-state index is 12.5. The summed E-state index contributed by atoms with van der Waals surface area (Å²) in [6, 6.07) is 3.11. The number of anilines is 1. The molecule has 0 aromatic carbocycles. The molecule has 0 saturated carbocycles. The molecule has 2 aromatic heterocycles. The van der Waals surface area contributed by atoms with Gasteiger partial charge in [0.25, 0.3) is 10.0 Å². The minimum Gasteiger partial charge on any atom is -0.360 e. The largest absolute Gasteiger partial charge is 0.360 e. The lowest BCUT2D eigenvalue weighted by atomic mass is 10.5. The molecule has 8 heteroatoms. The molecule has 0 aliphatic heterocycles. The zero-order valence-electron chi connectivity index (χ0n) is 10.6. The van der Waals surface area contributed by atoms with Gasteiger partial charge in [0.05, 0.1) is 4.90 Å². The molecule has 0 fully saturated rings. The van der Waals surface area contributed by atoms with Crippen LogP contribution in [0.1, 0.15) is 12.7 Å². The van der Waals surface area contributed by atoms with Gasteiger partial charge in [-0.25, -0.2) is 12.7 Å². The van der Waals surface area contributed by atoms with Crippen LogP contribution in [0, 0.1) is 6.92 Å². The number of nitrogens with zero attached hydrogens (tertiary/aromatic N) is 2. The minimum atomic E-state index is -3.67. The fraction of sp³-hybridized carbons (Fsp3) is 0.364. The maximum Gasteiger partial charge on any atom is 0.268 e. The number of aryl methyl sites for hydroxylation is 1. The number of sulfonamides is 1. The first-order valence-electron chi connectivity index (χ1n) is 5.61. The first kappa shape index (κ1) is 14.0. The quantitative estimate of drug-likeness (QED) is 0.765. The third-order valence-electron chi connectivity index (χ3n) is 2.37. The highest BCUT2D eigenvalue weighted by atomic mass is 32.2. The molecule has 0 bridgehead atoms. The molecule has 0 aliphatic carbocycles. The highest BCUT2D eigenvalue weighted by Gasteiger charge is 2.27. The van der Waals surface area contributed by atoms with Gasteiger partial charge in [-0.3, -0.25) is 0 Å². The van der Waals surface area contributed by atoms with Crippen molar-refractivity contribution in [2.24, 2.45) is 0 Å². The average Bonchev–Trinajstić information content (AvgIpc) is 3.01. The predicted octanol–water partition coefficient (Wildman–Crippen LogP) is 2.23. The van der Waals surface area contributed by atoms with Gasteiger partial charge in [0, 0.05) is 18.1 Å². The Morgan fingerprint density at radius 3 is 2.84 bits per heavy atom. The van der Waals surface area contributed by atoms with Crippen LogP contribution >= 0.6 is 11.3 Å². The van der Waals surface area contributed by atoms with Crippen molar-refractivity contribution in [2.75, 3.05) is 17.6 Å². The molecular weight excluding hydrogens is 288 g/mol. The second-order valence-electron chi connectivity index (χ2n) is 3.73. The molecule has 0 N–H and O–H groups in total. The fourth-order valence-corrected chi connectivity index (χ4v) is 3.73. The van der Waals surface area contributed by atoms with E-state index in [1.807, 2.05) is 0 Å². The Morgan fingerprint density at radius 1 is 1.53 bits per heavy atom. The van der Waals surface area contributed by atoms with Crippen LogP contribution in [0.4, 0.5) is 5.82 Å². The minimum absolute atomic E-state index is 0.0966. The molecule has 0 saturated heterocycles. The molecule has 6 nitrogen and oxygen atoms in total. The summed E-state index contributed by atoms with van der Waals surface area (Å²) in [5.74, 6) is 0.758. The summed E-state index contributed by atoms with van der Waals surface area (Å²) in [7, 11) is -3.67. The van der Waals surface area contributed by atoms with E-state index in [1.54, 1.807) is 36.7 Å². The summed E-state index contributed by atoms with van der Waals surface area (Å²) in [6.07, 6.45) is 0. The number of thiophene rings is 1. The Labute approximate surface area is 115 Å². The summed E-state index contributed by atoms with van der Waals surface area (Å²) >= 11 is 1.32. The zero-order chi connectivity index (χ0) is 13.9. The highest BCUT2D eigenvalue weighted by Crippen LogP contribution is 2.24. The molecule has 0 spiro atoms. The van der Waals surface area contributed by atoms with Gasteiger partial charge in [0.15, 0.2) is 5.82 Å². The van der Waals surface area contributed by atoms with E-state index >= 15 is 0 Å². The van der Waals surface area contributed by atoms with Crippen LogP contribution < -0.4 is 4.31 Å². The number of hydrogen-bond donors (Lipinski definition) is 0. The van der Waals surface area contributed by atoms with Gasteiger partial charge in [0.2, 0.25) is 0 Å². The summed E-state index contributed by atoms with van der Waals surface area (Å²) in [5, 5.41) is 7.02. The molecule has 2 heterocycles. The Hall–Kier alpha value is -1.38. The topological polar surface area (TPSA) is 72.6 Å². The average molecular weight is 302 g/mol. The molecule has 0 atom stereocenters. The Balaban J connectivity index is 2.38. The smallest absolute Gasteiger partial charge is 0.268 e. The molecule has 0 radical (unpaired) electrons. The van der Waals surface area contributed by atoms with Crippen molar-refractivity contribution in [1.29, 1.82) is 0 Å². The van der Waals surface area contributed by atoms with E-state index in [1.165, 1.54) is 11.3 Å². The van der Waals surface area contributed by atoms with E-state index in [0.717, 1.165) is 4.31 Å². The number of ether oxygens (including phenoxy) is 1. The predicted molar refractivity (Wildman–Crippen MR) is 71.7 cm³/mol. The van der Waals surface area contributed by atoms with Crippen LogP contribution in [-0.2, 0) is 14.8 Å². The van der Waals surface area contributed by atoms with E-state index < -0.39 is 10.0 Å². The van der Waals surface area contributed by atoms with Crippen molar-refractivity contribution in [2.45, 2.75) is 18.7 Å². The van der Waals surface area contributed by atoms with Gasteiger partial charge < -0.3 is 9.26 Å². The molecule has 104 valence electrons. The van der Waals surface area contributed by atoms with E-state index in [4.69, 9.17) is 9.26 Å². The standard InChI is InChI=1S/C11H14N2O4S2/c1-3-16-8-13(11-6-9(2)17-12-11)19(14,15)10-4-5-18-7-10/h4-7H,3,8H2,1-2H3. The second kappa shape index (κ2) is 5.72. The monoisotopic (exact) mass is 302 g/mol. The fourth-order valence-electron chi connectivity index (χ4n) is 1.43. The van der Waals surface area contributed by atoms with Crippen molar-refractivity contribution in [3.63, 3.8) is 0 Å². The van der Waals surface area contributed by atoms with Crippen LogP contribution in [-0.4, -0.2) is 26.9 Å². The SMILES string of the molecule is CCOCN(c1cc(C)on1)S(=O)(=O)c1ccsc1. The molecule has 2 rings (SSSR count). The van der Waals surface area contributed by atoms with Crippen molar-refractivity contribution in [3.05, 3.63) is 28.7 Å². The van der Waals surface area contributed by atoms with Gasteiger partial charge in [-0.15, -0.1) is 0 Å². The summed E-state index contributed by atoms with van der Waals surface area (Å²) in [5.41, 5.74) is 0. The van der Waals surface area contributed by atoms with E-state index in [0.29, 0.717) is 12.4 Å². The lowest BCUT2D eigenvalue weighted by Crippen LogP contribution is -2.33. The number of hydrogen-bond acceptors (Lipinski definition) is 6. The first-order chi connectivity index (χ1) is 9.05. The van der Waals surface area contributed by atoms with Gasteiger partial charge in [0.1, 0.15) is 12.5 Å². The van der Waals surface area contributed by atoms with E-state index in [-0.39, 0.29) is 17.4 Å². The third kappa shape index (κ3) is 2.96. The van der Waals surface area contributed by atoms with Crippen LogP contribution in [0.2, 0.25) is 0 Å². The van der Waals surface area contributed by atoms with Crippen LogP contribution in [0.5, 0.6) is 0 Å². The van der Waals surface area contributed by atoms with Crippen LogP contribution in [0.15, 0.2) is 32.3 Å². The lowest BCUT2D eigenvalue weighted by Gasteiger charge is -2.20. The summed E-state index contributed by atoms with van der Waals surface area (Å²) in [4.78, 5) is 0.220. The van der Waals surface area contributed by atoms with Gasteiger partial charge in [-0.05, 0) is 25.3 Å². The number of rotatable bonds is 6. The molecular formula is C11H14N2O4S2. The molecule has 0 aliphatic rings. The van der Waals surface area contributed by atoms with E-state index in [2.05, 4.69) is 5.16 Å². The van der Waals surface area contributed by atoms with Crippen molar-refractivity contribution in [3.8, 4) is 0 Å². The molecule has 0 amide bonds. The molecule has 2 aromatic rings. The lowest BCUT2D eigenvalue weighted by molar-refractivity contribution is 0.156. The summed E-state index contributed by atoms with van der Waals surface area (Å²) in [6.45, 7) is 3.81. The van der Waals surface area contributed by atoms with Crippen molar-refractivity contribution < 1.29 is 17.7 Å². The zero-order valence-corrected chi connectivity index (χ0v) is 12.2. The van der Waals surface area contributed by atoms with Gasteiger partial charge >= 0.3 is 0 Å². The Bertz CT molecular complexity index is 619. The van der Waals surface area contributed by atoms with Crippen LogP contribution in [0.25, 0.3) is 0 Å². The van der Waals surface area contributed by atoms with Crippen LogP contribution in [0.3, 0.4) is 0 Å². The molecule has 0 unspecified atom stereocenters. The maximum atomic E-state index is 12.5. The second-order valence-corrected chi connectivity index (χ2v) is 6.37.